The summed E-state index contributed by atoms with van der Waals surface area (Å²) in [6, 6.07) is 0. The summed E-state index contributed by atoms with van der Waals surface area (Å²) in [7, 11) is 0. The number of hydrogen-bond donors (Lipinski definition) is 1. The quantitative estimate of drug-likeness (QED) is 0.733. The van der Waals surface area contributed by atoms with Gasteiger partial charge in [-0.1, -0.05) is 13.8 Å². The molecule has 0 spiro atoms. The van der Waals surface area contributed by atoms with Crippen LogP contribution in [0.15, 0.2) is 0 Å². The summed E-state index contributed by atoms with van der Waals surface area (Å²) in [6.45, 7) is 4.11. The number of rotatable bonds is 2. The molecule has 0 aromatic carbocycles. The maximum Gasteiger partial charge on any atom is 0.372 e. The molecule has 2 fully saturated rings. The van der Waals surface area contributed by atoms with E-state index in [9.17, 15) is 9.59 Å². The third kappa shape index (κ3) is 2.00. The molecule has 2 aliphatic rings. The van der Waals surface area contributed by atoms with E-state index in [-0.39, 0.29) is 0 Å². The topological polar surface area (TPSA) is 54.4 Å². The first-order valence-corrected chi connectivity index (χ1v) is 6.18. The lowest BCUT2D eigenvalue weighted by atomic mass is 9.58. The van der Waals surface area contributed by atoms with E-state index in [0.29, 0.717) is 11.8 Å². The van der Waals surface area contributed by atoms with Crippen molar-refractivity contribution in [2.45, 2.75) is 46.0 Å². The fourth-order valence-corrected chi connectivity index (χ4v) is 4.03. The van der Waals surface area contributed by atoms with E-state index < -0.39 is 17.2 Å². The lowest BCUT2D eigenvalue weighted by molar-refractivity contribution is -0.156. The highest BCUT2D eigenvalue weighted by Crippen LogP contribution is 2.50. The molecule has 2 rings (SSSR count). The molecule has 3 heteroatoms. The molecular formula is C13H20O3. The largest absolute Gasteiger partial charge is 0.475 e. The Morgan fingerprint density at radius 3 is 2.06 bits per heavy atom. The van der Waals surface area contributed by atoms with Gasteiger partial charge in [-0.15, -0.1) is 0 Å². The van der Waals surface area contributed by atoms with Gasteiger partial charge < -0.3 is 5.11 Å². The van der Waals surface area contributed by atoms with Crippen molar-refractivity contribution < 1.29 is 14.7 Å². The molecule has 3 nitrogen and oxygen atoms in total. The van der Waals surface area contributed by atoms with E-state index in [1.54, 1.807) is 0 Å². The Bertz CT molecular complexity index is 303. The Kier molecular flexibility index (Phi) is 2.81. The summed E-state index contributed by atoms with van der Waals surface area (Å²) in [4.78, 5) is 22.6. The molecule has 2 bridgehead atoms. The molecule has 2 saturated carbocycles. The van der Waals surface area contributed by atoms with E-state index >= 15 is 0 Å². The average Bonchev–Trinajstić information content (AvgIpc) is 2.13. The van der Waals surface area contributed by atoms with Crippen LogP contribution in [-0.2, 0) is 9.59 Å². The second-order valence-electron chi connectivity index (χ2n) is 6.15. The first kappa shape index (κ1) is 11.6. The number of carbonyl (C=O) groups excluding carboxylic acids is 1. The van der Waals surface area contributed by atoms with E-state index in [2.05, 4.69) is 6.92 Å². The van der Waals surface area contributed by atoms with Crippen LogP contribution in [0.4, 0.5) is 0 Å². The molecular weight excluding hydrogens is 204 g/mol. The van der Waals surface area contributed by atoms with Crippen LogP contribution in [0.5, 0.6) is 0 Å². The van der Waals surface area contributed by atoms with Crippen molar-refractivity contribution in [3.05, 3.63) is 0 Å². The SMILES string of the molecule is CC1CC2CC(C1)CC(C)(C(=O)C(=O)O)C2. The minimum Gasteiger partial charge on any atom is -0.475 e. The number of fused-ring (bicyclic) bond motifs is 2. The molecule has 90 valence electrons. The molecule has 0 amide bonds. The van der Waals surface area contributed by atoms with Crippen molar-refractivity contribution >= 4 is 11.8 Å². The number of carboxylic acid groups (broad SMARTS) is 1. The normalized spacial score (nSPS) is 42.8. The zero-order valence-electron chi connectivity index (χ0n) is 10.0. The number of ketones is 1. The summed E-state index contributed by atoms with van der Waals surface area (Å²) >= 11 is 0. The molecule has 0 aliphatic heterocycles. The Hall–Kier alpha value is -0.860. The summed E-state index contributed by atoms with van der Waals surface area (Å²) in [5, 5.41) is 8.87. The van der Waals surface area contributed by atoms with E-state index in [1.807, 2.05) is 6.92 Å². The van der Waals surface area contributed by atoms with Crippen molar-refractivity contribution in [2.75, 3.05) is 0 Å². The van der Waals surface area contributed by atoms with Crippen LogP contribution in [0.25, 0.3) is 0 Å². The molecule has 2 unspecified atom stereocenters. The number of Topliss-reactive ketones (excluding diaryl/α,β-unsaturated/α-hetero) is 1. The molecule has 0 aromatic heterocycles. The van der Waals surface area contributed by atoms with Gasteiger partial charge in [-0.3, -0.25) is 4.79 Å². The predicted molar refractivity (Wildman–Crippen MR) is 60.0 cm³/mol. The first-order valence-electron chi connectivity index (χ1n) is 6.18. The first-order chi connectivity index (χ1) is 7.40. The van der Waals surface area contributed by atoms with Gasteiger partial charge in [-0.2, -0.15) is 0 Å². The molecule has 2 atom stereocenters. The Balaban J connectivity index is 2.15. The zero-order chi connectivity index (χ0) is 11.9. The highest BCUT2D eigenvalue weighted by molar-refractivity contribution is 6.34. The fourth-order valence-electron chi connectivity index (χ4n) is 4.03. The third-order valence-electron chi connectivity index (χ3n) is 4.36. The lowest BCUT2D eigenvalue weighted by Crippen LogP contribution is -2.43. The van der Waals surface area contributed by atoms with Gasteiger partial charge in [0.2, 0.25) is 5.78 Å². The van der Waals surface area contributed by atoms with E-state index in [0.717, 1.165) is 18.8 Å². The second kappa shape index (κ2) is 3.86. The van der Waals surface area contributed by atoms with E-state index in [1.165, 1.54) is 19.3 Å². The number of carbonyl (C=O) groups is 2. The lowest BCUT2D eigenvalue weighted by Gasteiger charge is -2.45. The van der Waals surface area contributed by atoms with Crippen LogP contribution >= 0.6 is 0 Å². The standard InChI is InChI=1S/C13H20O3/c1-8-3-9-5-10(4-8)7-13(2,6-9)11(14)12(15)16/h8-10H,3-7H2,1-2H3,(H,15,16). The van der Waals surface area contributed by atoms with Crippen molar-refractivity contribution in [1.82, 2.24) is 0 Å². The Morgan fingerprint density at radius 2 is 1.62 bits per heavy atom. The summed E-state index contributed by atoms with van der Waals surface area (Å²) in [6.07, 6.45) is 5.09. The highest BCUT2D eigenvalue weighted by Gasteiger charge is 2.46. The van der Waals surface area contributed by atoms with Crippen molar-refractivity contribution in [2.24, 2.45) is 23.2 Å². The van der Waals surface area contributed by atoms with Crippen LogP contribution in [-0.4, -0.2) is 16.9 Å². The molecule has 0 saturated heterocycles. The monoisotopic (exact) mass is 224 g/mol. The second-order valence-corrected chi connectivity index (χ2v) is 6.15. The minimum atomic E-state index is -1.25. The fraction of sp³-hybridized carbons (Fsp3) is 0.846. The predicted octanol–water partition coefficient (Wildman–Crippen LogP) is 2.49. The Morgan fingerprint density at radius 1 is 1.12 bits per heavy atom. The van der Waals surface area contributed by atoms with Gasteiger partial charge >= 0.3 is 5.97 Å². The maximum absolute atomic E-state index is 11.7. The van der Waals surface area contributed by atoms with Crippen molar-refractivity contribution in [3.63, 3.8) is 0 Å². The molecule has 0 aromatic rings. The smallest absolute Gasteiger partial charge is 0.372 e. The maximum atomic E-state index is 11.7. The summed E-state index contributed by atoms with van der Waals surface area (Å²) in [5.74, 6) is 0.0482. The third-order valence-corrected chi connectivity index (χ3v) is 4.36. The van der Waals surface area contributed by atoms with Gasteiger partial charge in [0, 0.05) is 5.41 Å². The molecule has 1 N–H and O–H groups in total. The summed E-state index contributed by atoms with van der Waals surface area (Å²) in [5.41, 5.74) is -0.598. The zero-order valence-corrected chi connectivity index (χ0v) is 10.0. The van der Waals surface area contributed by atoms with Crippen LogP contribution in [0.3, 0.4) is 0 Å². The van der Waals surface area contributed by atoms with Crippen LogP contribution in [0.2, 0.25) is 0 Å². The van der Waals surface area contributed by atoms with Gasteiger partial charge in [0.05, 0.1) is 0 Å². The Labute approximate surface area is 96.2 Å². The molecule has 0 radical (unpaired) electrons. The highest BCUT2D eigenvalue weighted by atomic mass is 16.4. The van der Waals surface area contributed by atoms with Crippen LogP contribution < -0.4 is 0 Å². The average molecular weight is 224 g/mol. The molecule has 0 heterocycles. The van der Waals surface area contributed by atoms with Gasteiger partial charge in [-0.05, 0) is 49.9 Å². The van der Waals surface area contributed by atoms with Crippen LogP contribution in [0.1, 0.15) is 46.0 Å². The van der Waals surface area contributed by atoms with Gasteiger partial charge in [0.15, 0.2) is 0 Å². The minimum absolute atomic E-state index is 0.566. The number of aliphatic carboxylic acids is 1. The number of hydrogen-bond acceptors (Lipinski definition) is 2. The van der Waals surface area contributed by atoms with Gasteiger partial charge in [0.1, 0.15) is 0 Å². The van der Waals surface area contributed by atoms with E-state index in [4.69, 9.17) is 5.11 Å². The summed E-state index contributed by atoms with van der Waals surface area (Å²) < 4.78 is 0. The van der Waals surface area contributed by atoms with Gasteiger partial charge in [0.25, 0.3) is 0 Å². The van der Waals surface area contributed by atoms with Crippen molar-refractivity contribution in [1.29, 1.82) is 0 Å². The molecule has 16 heavy (non-hydrogen) atoms. The number of carboxylic acids is 1. The van der Waals surface area contributed by atoms with Gasteiger partial charge in [-0.25, -0.2) is 4.79 Å². The van der Waals surface area contributed by atoms with Crippen LogP contribution in [0, 0.1) is 23.2 Å². The molecule has 2 aliphatic carbocycles. The van der Waals surface area contributed by atoms with Crippen molar-refractivity contribution in [3.8, 4) is 0 Å².